The molecule has 1 saturated carbocycles. The molecule has 2 aromatic heterocycles. The fourth-order valence-electron chi connectivity index (χ4n) is 10.7. The Balaban J connectivity index is 0.910. The first kappa shape index (κ1) is 38.1. The SMILES string of the molecule is Cc1cc(-c2ccc3c(c2)c2ccccc2n3-c2ccc(C3CCCCC3)cc2)cc2c1c1ccccc1n2-c1ccc(-c2ccc(N(c3ccccc3)c3ccccc3)cc2)cc1. The van der Waals surface area contributed by atoms with E-state index in [2.05, 4.69) is 233 Å². The van der Waals surface area contributed by atoms with Gasteiger partial charge in [-0.25, -0.2) is 0 Å². The summed E-state index contributed by atoms with van der Waals surface area (Å²) < 4.78 is 4.90. The highest BCUT2D eigenvalue weighted by Crippen LogP contribution is 2.41. The van der Waals surface area contributed by atoms with Gasteiger partial charge in [0.2, 0.25) is 0 Å². The molecule has 3 nitrogen and oxygen atoms in total. The van der Waals surface area contributed by atoms with Crippen molar-refractivity contribution in [2.75, 3.05) is 4.90 Å². The van der Waals surface area contributed by atoms with E-state index in [1.807, 2.05) is 0 Å². The minimum atomic E-state index is 0.698. The van der Waals surface area contributed by atoms with Crippen LogP contribution in [0.2, 0.25) is 0 Å². The van der Waals surface area contributed by atoms with Crippen molar-refractivity contribution in [3.8, 4) is 33.6 Å². The van der Waals surface area contributed by atoms with Gasteiger partial charge in [0.15, 0.2) is 0 Å². The van der Waals surface area contributed by atoms with Gasteiger partial charge in [0.25, 0.3) is 0 Å². The normalized spacial score (nSPS) is 13.3. The summed E-state index contributed by atoms with van der Waals surface area (Å²) in [7, 11) is 0. The fraction of sp³-hybridized carbons (Fsp3) is 0.115. The van der Waals surface area contributed by atoms with E-state index in [1.165, 1.54) is 115 Å². The molecular formula is C61H49N3. The predicted octanol–water partition coefficient (Wildman–Crippen LogP) is 17.0. The number of rotatable bonds is 8. The molecule has 0 aliphatic heterocycles. The third kappa shape index (κ3) is 6.59. The van der Waals surface area contributed by atoms with Crippen molar-refractivity contribution in [3.05, 3.63) is 223 Å². The second-order valence-corrected chi connectivity index (χ2v) is 17.7. The van der Waals surface area contributed by atoms with Gasteiger partial charge in [0.05, 0.1) is 22.1 Å². The van der Waals surface area contributed by atoms with Crippen LogP contribution in [-0.4, -0.2) is 9.13 Å². The van der Waals surface area contributed by atoms with Crippen LogP contribution in [0.25, 0.3) is 77.2 Å². The molecule has 1 aliphatic rings. The molecule has 0 bridgehead atoms. The summed E-state index contributed by atoms with van der Waals surface area (Å²) in [5, 5.41) is 5.13. The zero-order valence-corrected chi connectivity index (χ0v) is 36.2. The standard InChI is InChI=1S/C61H49N3/c1-42-39-48(47-31-38-59-56(40-47)54-21-11-13-23-57(54)63(59)52-34-27-44(28-35-52)43-15-5-2-6-16-43)41-60-61(42)55-22-12-14-24-58(55)64(60)53-36-29-46(30-37-53)45-25-32-51(33-26-45)62(49-17-7-3-8-18-49)50-19-9-4-10-20-50/h3-4,7-14,17-41,43H,2,5-6,15-16H2,1H3. The maximum atomic E-state index is 2.45. The van der Waals surface area contributed by atoms with Gasteiger partial charge < -0.3 is 14.0 Å². The highest BCUT2D eigenvalue weighted by molar-refractivity contribution is 6.13. The molecule has 1 fully saturated rings. The Kier molecular flexibility index (Phi) is 9.48. The third-order valence-corrected chi connectivity index (χ3v) is 13.8. The molecule has 0 radical (unpaired) electrons. The van der Waals surface area contributed by atoms with E-state index in [0.717, 1.165) is 22.7 Å². The summed E-state index contributed by atoms with van der Waals surface area (Å²) in [4.78, 5) is 2.30. The number of fused-ring (bicyclic) bond motifs is 6. The summed E-state index contributed by atoms with van der Waals surface area (Å²) in [6, 6.07) is 78.2. The Hall–Kier alpha value is -7.62. The maximum absolute atomic E-state index is 2.45. The molecule has 1 aliphatic carbocycles. The molecule has 12 rings (SSSR count). The van der Waals surface area contributed by atoms with Crippen LogP contribution >= 0.6 is 0 Å². The number of aryl methyl sites for hydroxylation is 1. The van der Waals surface area contributed by atoms with Crippen LogP contribution in [0.1, 0.15) is 49.1 Å². The number of hydrogen-bond donors (Lipinski definition) is 0. The summed E-state index contributed by atoms with van der Waals surface area (Å²) in [6.07, 6.45) is 6.72. The largest absolute Gasteiger partial charge is 0.311 e. The molecule has 3 heteroatoms. The van der Waals surface area contributed by atoms with Gasteiger partial charge in [-0.1, -0.05) is 141 Å². The zero-order valence-electron chi connectivity index (χ0n) is 36.2. The Morgan fingerprint density at radius 1 is 0.375 bits per heavy atom. The quantitative estimate of drug-likeness (QED) is 0.149. The van der Waals surface area contributed by atoms with Crippen LogP contribution in [0.4, 0.5) is 17.1 Å². The number of aromatic nitrogens is 2. The van der Waals surface area contributed by atoms with Crippen molar-refractivity contribution in [2.24, 2.45) is 0 Å². The second kappa shape index (κ2) is 15.9. The van der Waals surface area contributed by atoms with Crippen molar-refractivity contribution in [1.82, 2.24) is 9.13 Å². The van der Waals surface area contributed by atoms with Crippen molar-refractivity contribution in [2.45, 2.75) is 44.9 Å². The van der Waals surface area contributed by atoms with E-state index < -0.39 is 0 Å². The zero-order chi connectivity index (χ0) is 42.6. The van der Waals surface area contributed by atoms with E-state index in [4.69, 9.17) is 0 Å². The molecule has 0 N–H and O–H groups in total. The molecule has 0 atom stereocenters. The summed E-state index contributed by atoms with van der Waals surface area (Å²) in [6.45, 7) is 2.27. The first-order valence-corrected chi connectivity index (χ1v) is 23.0. The van der Waals surface area contributed by atoms with Gasteiger partial charge in [-0.05, 0) is 150 Å². The lowest BCUT2D eigenvalue weighted by atomic mass is 9.84. The fourth-order valence-corrected chi connectivity index (χ4v) is 10.7. The lowest BCUT2D eigenvalue weighted by molar-refractivity contribution is 0.443. The summed E-state index contributed by atoms with van der Waals surface area (Å²) >= 11 is 0. The van der Waals surface area contributed by atoms with Crippen LogP contribution in [0.3, 0.4) is 0 Å². The Bertz CT molecular complexity index is 3400. The van der Waals surface area contributed by atoms with Crippen LogP contribution in [0.5, 0.6) is 0 Å². The van der Waals surface area contributed by atoms with Crippen molar-refractivity contribution in [1.29, 1.82) is 0 Å². The van der Waals surface area contributed by atoms with Crippen LogP contribution < -0.4 is 4.90 Å². The smallest absolute Gasteiger partial charge is 0.0549 e. The molecule has 2 heterocycles. The van der Waals surface area contributed by atoms with Gasteiger partial charge in [-0.3, -0.25) is 0 Å². The minimum Gasteiger partial charge on any atom is -0.311 e. The van der Waals surface area contributed by atoms with Gasteiger partial charge >= 0.3 is 0 Å². The third-order valence-electron chi connectivity index (χ3n) is 13.8. The molecule has 11 aromatic rings. The van der Waals surface area contributed by atoms with E-state index in [-0.39, 0.29) is 0 Å². The lowest BCUT2D eigenvalue weighted by Crippen LogP contribution is -2.09. The van der Waals surface area contributed by atoms with Crippen molar-refractivity contribution in [3.63, 3.8) is 0 Å². The molecule has 0 spiro atoms. The van der Waals surface area contributed by atoms with Gasteiger partial charge in [0, 0.05) is 50.0 Å². The van der Waals surface area contributed by atoms with Crippen molar-refractivity contribution >= 4 is 60.7 Å². The van der Waals surface area contributed by atoms with Crippen LogP contribution in [-0.2, 0) is 0 Å². The Morgan fingerprint density at radius 3 is 1.53 bits per heavy atom. The average Bonchev–Trinajstić information content (AvgIpc) is 3.88. The first-order valence-electron chi connectivity index (χ1n) is 23.0. The second-order valence-electron chi connectivity index (χ2n) is 17.7. The number of anilines is 3. The van der Waals surface area contributed by atoms with E-state index >= 15 is 0 Å². The molecule has 9 aromatic carbocycles. The first-order chi connectivity index (χ1) is 31.7. The van der Waals surface area contributed by atoms with Gasteiger partial charge in [0.1, 0.15) is 0 Å². The minimum absolute atomic E-state index is 0.698. The average molecular weight is 824 g/mol. The van der Waals surface area contributed by atoms with Gasteiger partial charge in [-0.15, -0.1) is 0 Å². The molecule has 308 valence electrons. The lowest BCUT2D eigenvalue weighted by Gasteiger charge is -2.25. The van der Waals surface area contributed by atoms with Crippen molar-refractivity contribution < 1.29 is 0 Å². The molecule has 0 amide bonds. The number of nitrogens with zero attached hydrogens (tertiary/aromatic N) is 3. The topological polar surface area (TPSA) is 13.1 Å². The van der Waals surface area contributed by atoms with Gasteiger partial charge in [-0.2, -0.15) is 0 Å². The predicted molar refractivity (Wildman–Crippen MR) is 271 cm³/mol. The van der Waals surface area contributed by atoms with E-state index in [0.29, 0.717) is 5.92 Å². The highest BCUT2D eigenvalue weighted by Gasteiger charge is 2.20. The number of hydrogen-bond acceptors (Lipinski definition) is 1. The maximum Gasteiger partial charge on any atom is 0.0549 e. The van der Waals surface area contributed by atoms with Crippen LogP contribution in [0.15, 0.2) is 212 Å². The Labute approximate surface area is 375 Å². The van der Waals surface area contributed by atoms with Crippen LogP contribution in [0, 0.1) is 6.92 Å². The summed E-state index contributed by atoms with van der Waals surface area (Å²) in [5.74, 6) is 0.698. The molecule has 0 unspecified atom stereocenters. The molecule has 64 heavy (non-hydrogen) atoms. The number of para-hydroxylation sites is 4. The highest BCUT2D eigenvalue weighted by atomic mass is 15.1. The summed E-state index contributed by atoms with van der Waals surface area (Å²) in [5.41, 5.74) is 18.3. The Morgan fingerprint density at radius 2 is 0.875 bits per heavy atom. The number of benzene rings is 9. The monoisotopic (exact) mass is 823 g/mol. The van der Waals surface area contributed by atoms with E-state index in [1.54, 1.807) is 0 Å². The molecular weight excluding hydrogens is 775 g/mol. The van der Waals surface area contributed by atoms with E-state index in [9.17, 15) is 0 Å². The molecule has 0 saturated heterocycles.